The first kappa shape index (κ1) is 19.7. The van der Waals surface area contributed by atoms with Gasteiger partial charge in [-0.25, -0.2) is 4.79 Å². The van der Waals surface area contributed by atoms with E-state index in [-0.39, 0.29) is 12.2 Å². The number of carbonyl (C=O) groups excluding carboxylic acids is 1. The summed E-state index contributed by atoms with van der Waals surface area (Å²) in [4.78, 5) is 22.9. The molecule has 3 unspecified atom stereocenters. The van der Waals surface area contributed by atoms with Gasteiger partial charge in [-0.2, -0.15) is 0 Å². The van der Waals surface area contributed by atoms with Crippen LogP contribution in [-0.4, -0.2) is 67.7 Å². The molecule has 0 saturated carbocycles. The Morgan fingerprint density at radius 1 is 1.28 bits per heavy atom. The van der Waals surface area contributed by atoms with Crippen molar-refractivity contribution in [1.82, 2.24) is 14.8 Å². The molecular formula is C23H30N4O2. The molecule has 2 aliphatic heterocycles. The number of anilines is 1. The van der Waals surface area contributed by atoms with Crippen LogP contribution in [0, 0.1) is 6.92 Å². The number of hydrogen-bond acceptors (Lipinski definition) is 5. The predicted octanol–water partition coefficient (Wildman–Crippen LogP) is 3.44. The maximum absolute atomic E-state index is 12.4. The predicted molar refractivity (Wildman–Crippen MR) is 114 cm³/mol. The lowest BCUT2D eigenvalue weighted by atomic mass is 9.88. The second kappa shape index (κ2) is 8.03. The highest BCUT2D eigenvalue weighted by atomic mass is 16.6. The molecule has 0 bridgehead atoms. The van der Waals surface area contributed by atoms with Gasteiger partial charge in [0.15, 0.2) is 0 Å². The van der Waals surface area contributed by atoms with Gasteiger partial charge in [-0.3, -0.25) is 4.98 Å². The monoisotopic (exact) mass is 394 g/mol. The smallest absolute Gasteiger partial charge is 0.409 e. The Morgan fingerprint density at radius 2 is 2.03 bits per heavy atom. The van der Waals surface area contributed by atoms with E-state index in [0.717, 1.165) is 25.1 Å². The molecule has 1 amide bonds. The van der Waals surface area contributed by atoms with E-state index in [0.29, 0.717) is 18.5 Å². The zero-order valence-electron chi connectivity index (χ0n) is 17.7. The first-order chi connectivity index (χ1) is 13.9. The zero-order valence-corrected chi connectivity index (χ0v) is 17.7. The number of ether oxygens (including phenoxy) is 1. The Labute approximate surface area is 173 Å². The molecule has 3 heterocycles. The van der Waals surface area contributed by atoms with Gasteiger partial charge in [-0.1, -0.05) is 17.7 Å². The van der Waals surface area contributed by atoms with Gasteiger partial charge in [0.2, 0.25) is 0 Å². The molecule has 0 N–H and O–H groups in total. The van der Waals surface area contributed by atoms with Gasteiger partial charge in [0.25, 0.3) is 0 Å². The molecule has 1 saturated heterocycles. The number of rotatable bonds is 4. The fourth-order valence-electron chi connectivity index (χ4n) is 4.62. The molecule has 1 aromatic carbocycles. The molecule has 154 valence electrons. The molecule has 6 nitrogen and oxygen atoms in total. The van der Waals surface area contributed by atoms with Crippen LogP contribution in [0.3, 0.4) is 0 Å². The minimum absolute atomic E-state index is 0.324. The summed E-state index contributed by atoms with van der Waals surface area (Å²) in [6.45, 7) is 4.95. The van der Waals surface area contributed by atoms with Crippen LogP contribution in [-0.2, 0) is 4.74 Å². The van der Waals surface area contributed by atoms with E-state index >= 15 is 0 Å². The molecule has 2 aliphatic rings. The Hall–Kier alpha value is -2.60. The summed E-state index contributed by atoms with van der Waals surface area (Å²) in [5.41, 5.74) is 4.97. The Bertz CT molecular complexity index is 870. The molecule has 6 heteroatoms. The van der Waals surface area contributed by atoms with Crippen LogP contribution in [0.1, 0.15) is 35.1 Å². The molecule has 0 radical (unpaired) electrons. The van der Waals surface area contributed by atoms with Gasteiger partial charge in [0.05, 0.1) is 6.54 Å². The van der Waals surface area contributed by atoms with Gasteiger partial charge in [0, 0.05) is 50.7 Å². The third-order valence-corrected chi connectivity index (χ3v) is 6.12. The highest BCUT2D eigenvalue weighted by Crippen LogP contribution is 2.45. The minimum Gasteiger partial charge on any atom is -0.439 e. The maximum Gasteiger partial charge on any atom is 0.409 e. The summed E-state index contributed by atoms with van der Waals surface area (Å²) in [5.74, 6) is 0.492. The standard InChI is InChI=1S/C23H30N4O2/c1-16-5-6-20-18(13-16)19-14-26(4)12-9-21(19)27(20)15-22(29-23(28)25(2)3)17-7-10-24-11-8-17/h5-8,10-11,13,19,21-22H,9,12,14-15H2,1-4H3. The number of carbonyl (C=O) groups is 1. The third kappa shape index (κ3) is 3.94. The van der Waals surface area contributed by atoms with Crippen molar-refractivity contribution < 1.29 is 9.53 Å². The maximum atomic E-state index is 12.4. The van der Waals surface area contributed by atoms with Crippen molar-refractivity contribution in [3.63, 3.8) is 0 Å². The van der Waals surface area contributed by atoms with Crippen molar-refractivity contribution in [2.24, 2.45) is 0 Å². The summed E-state index contributed by atoms with van der Waals surface area (Å²) in [5, 5.41) is 0. The van der Waals surface area contributed by atoms with Crippen molar-refractivity contribution >= 4 is 11.8 Å². The van der Waals surface area contributed by atoms with Crippen LogP contribution < -0.4 is 4.90 Å². The second-order valence-corrected chi connectivity index (χ2v) is 8.49. The normalized spacial score (nSPS) is 22.0. The van der Waals surface area contributed by atoms with E-state index in [4.69, 9.17) is 4.74 Å². The largest absolute Gasteiger partial charge is 0.439 e. The van der Waals surface area contributed by atoms with Gasteiger partial charge in [-0.15, -0.1) is 0 Å². The molecule has 29 heavy (non-hydrogen) atoms. The van der Waals surface area contributed by atoms with Gasteiger partial charge < -0.3 is 19.4 Å². The van der Waals surface area contributed by atoms with Gasteiger partial charge >= 0.3 is 6.09 Å². The summed E-state index contributed by atoms with van der Waals surface area (Å²) in [6.07, 6.45) is 3.95. The number of aryl methyl sites for hydroxylation is 1. The van der Waals surface area contributed by atoms with E-state index in [1.807, 2.05) is 12.1 Å². The number of pyridine rings is 1. The van der Waals surface area contributed by atoms with E-state index in [1.54, 1.807) is 26.5 Å². The number of aromatic nitrogens is 1. The fourth-order valence-corrected chi connectivity index (χ4v) is 4.62. The Morgan fingerprint density at radius 3 is 2.76 bits per heavy atom. The Kier molecular flexibility index (Phi) is 5.46. The fraction of sp³-hybridized carbons (Fsp3) is 0.478. The molecule has 1 fully saturated rings. The lowest BCUT2D eigenvalue weighted by Gasteiger charge is -2.38. The highest BCUT2D eigenvalue weighted by Gasteiger charge is 2.42. The average Bonchev–Trinajstić information content (AvgIpc) is 3.00. The van der Waals surface area contributed by atoms with Crippen LogP contribution in [0.4, 0.5) is 10.5 Å². The van der Waals surface area contributed by atoms with E-state index in [1.165, 1.54) is 21.7 Å². The van der Waals surface area contributed by atoms with Crippen LogP contribution in [0.5, 0.6) is 0 Å². The summed E-state index contributed by atoms with van der Waals surface area (Å²) < 4.78 is 5.91. The number of nitrogens with zero attached hydrogens (tertiary/aromatic N) is 4. The van der Waals surface area contributed by atoms with E-state index in [2.05, 4.69) is 47.0 Å². The number of hydrogen-bond donors (Lipinski definition) is 0. The molecule has 0 aliphatic carbocycles. The third-order valence-electron chi connectivity index (χ3n) is 6.12. The minimum atomic E-state index is -0.347. The summed E-state index contributed by atoms with van der Waals surface area (Å²) in [6, 6.07) is 11.1. The highest BCUT2D eigenvalue weighted by molar-refractivity contribution is 5.68. The number of fused-ring (bicyclic) bond motifs is 3. The molecule has 2 aromatic rings. The average molecular weight is 395 g/mol. The molecule has 4 rings (SSSR count). The number of likely N-dealkylation sites (tertiary alicyclic amines) is 1. The van der Waals surface area contributed by atoms with Crippen LogP contribution >= 0.6 is 0 Å². The quantitative estimate of drug-likeness (QED) is 0.795. The number of benzene rings is 1. The first-order valence-electron chi connectivity index (χ1n) is 10.3. The molecule has 1 aromatic heterocycles. The Balaban J connectivity index is 1.67. The van der Waals surface area contributed by atoms with E-state index < -0.39 is 0 Å². The van der Waals surface area contributed by atoms with Crippen molar-refractivity contribution in [2.45, 2.75) is 31.4 Å². The number of amides is 1. The van der Waals surface area contributed by atoms with Crippen LogP contribution in [0.15, 0.2) is 42.7 Å². The van der Waals surface area contributed by atoms with Crippen molar-refractivity contribution in [2.75, 3.05) is 45.7 Å². The molecule has 0 spiro atoms. The SMILES string of the molecule is Cc1ccc2c(c1)C1CN(C)CCC1N2CC(OC(=O)N(C)C)c1ccncc1. The lowest BCUT2D eigenvalue weighted by Crippen LogP contribution is -2.46. The van der Waals surface area contributed by atoms with Gasteiger partial charge in [0.1, 0.15) is 6.10 Å². The lowest BCUT2D eigenvalue weighted by molar-refractivity contribution is 0.0752. The first-order valence-corrected chi connectivity index (χ1v) is 10.3. The van der Waals surface area contributed by atoms with Crippen LogP contribution in [0.2, 0.25) is 0 Å². The number of piperidine rings is 1. The molecule has 3 atom stereocenters. The van der Waals surface area contributed by atoms with Crippen molar-refractivity contribution in [3.8, 4) is 0 Å². The van der Waals surface area contributed by atoms with Crippen LogP contribution in [0.25, 0.3) is 0 Å². The topological polar surface area (TPSA) is 48.9 Å². The zero-order chi connectivity index (χ0) is 20.5. The van der Waals surface area contributed by atoms with Gasteiger partial charge in [-0.05, 0) is 56.3 Å². The second-order valence-electron chi connectivity index (χ2n) is 8.49. The summed E-state index contributed by atoms with van der Waals surface area (Å²) in [7, 11) is 5.63. The molecular weight excluding hydrogens is 364 g/mol. The number of likely N-dealkylation sites (N-methyl/N-ethyl adjacent to an activating group) is 1. The van der Waals surface area contributed by atoms with Crippen molar-refractivity contribution in [3.05, 3.63) is 59.4 Å². The van der Waals surface area contributed by atoms with Crippen molar-refractivity contribution in [1.29, 1.82) is 0 Å². The van der Waals surface area contributed by atoms with E-state index in [9.17, 15) is 4.79 Å². The summed E-state index contributed by atoms with van der Waals surface area (Å²) >= 11 is 0.